The molecule has 0 radical (unpaired) electrons. The number of likely N-dealkylation sites (tertiary alicyclic amines) is 2. The Hall–Kier alpha value is -3.12. The number of methoxy groups -OCH3 is 2. The highest BCUT2D eigenvalue weighted by atomic mass is 19.4. The average molecular weight is 541 g/mol. The summed E-state index contributed by atoms with van der Waals surface area (Å²) < 4.78 is 44.7. The molecule has 0 saturated carbocycles. The molecule has 1 aromatic heterocycles. The summed E-state index contributed by atoms with van der Waals surface area (Å²) in [7, 11) is 3.39. The van der Waals surface area contributed by atoms with Crippen molar-refractivity contribution in [2.75, 3.05) is 47.0 Å². The predicted octanol–water partition coefficient (Wildman–Crippen LogP) is 3.57. The largest absolute Gasteiger partial charge is 0.496 e. The number of hydrogen-bond acceptors (Lipinski definition) is 6. The molecule has 1 amide bonds. The molecule has 2 atom stereocenters. The molecule has 1 N–H and O–H groups in total. The average Bonchev–Trinajstić information content (AvgIpc) is 3.57. The number of amides is 1. The van der Waals surface area contributed by atoms with Gasteiger partial charge in [-0.3, -0.25) is 9.69 Å². The van der Waals surface area contributed by atoms with Gasteiger partial charge in [-0.2, -0.15) is 13.2 Å². The number of aliphatic carboxylic acids is 1. The van der Waals surface area contributed by atoms with Crippen LogP contribution in [0.3, 0.4) is 0 Å². The maximum Gasteiger partial charge on any atom is 0.490 e. The van der Waals surface area contributed by atoms with Crippen molar-refractivity contribution in [2.24, 2.45) is 5.41 Å². The van der Waals surface area contributed by atoms with Crippen LogP contribution in [0.1, 0.15) is 43.5 Å². The fourth-order valence-corrected chi connectivity index (χ4v) is 5.14. The molecule has 4 rings (SSSR count). The van der Waals surface area contributed by atoms with Crippen molar-refractivity contribution in [3.05, 3.63) is 48.0 Å². The fraction of sp³-hybridized carbons (Fsp3) is 0.577. The van der Waals surface area contributed by atoms with E-state index >= 15 is 0 Å². The number of alkyl halides is 3. The van der Waals surface area contributed by atoms with E-state index in [2.05, 4.69) is 35.6 Å². The second kappa shape index (κ2) is 12.2. The second-order valence-corrected chi connectivity index (χ2v) is 9.87. The summed E-state index contributed by atoms with van der Waals surface area (Å²) in [6, 6.07) is 8.48. The van der Waals surface area contributed by atoms with Crippen LogP contribution < -0.4 is 4.74 Å². The lowest BCUT2D eigenvalue weighted by molar-refractivity contribution is -0.192. The molecule has 12 heteroatoms. The zero-order valence-corrected chi connectivity index (χ0v) is 22.1. The molecule has 2 fully saturated rings. The lowest BCUT2D eigenvalue weighted by atomic mass is 9.75. The van der Waals surface area contributed by atoms with Crippen molar-refractivity contribution >= 4 is 11.9 Å². The maximum absolute atomic E-state index is 13.7. The van der Waals surface area contributed by atoms with Gasteiger partial charge in [0.1, 0.15) is 5.75 Å². The van der Waals surface area contributed by atoms with Gasteiger partial charge in [0.2, 0.25) is 5.91 Å². The Morgan fingerprint density at radius 2 is 1.95 bits per heavy atom. The molecule has 2 saturated heterocycles. The third-order valence-electron chi connectivity index (χ3n) is 7.12. The van der Waals surface area contributed by atoms with Crippen LogP contribution in [0.2, 0.25) is 0 Å². The van der Waals surface area contributed by atoms with Crippen LogP contribution in [-0.2, 0) is 20.9 Å². The predicted molar refractivity (Wildman–Crippen MR) is 133 cm³/mol. The van der Waals surface area contributed by atoms with Crippen LogP contribution in [0.5, 0.6) is 5.75 Å². The van der Waals surface area contributed by atoms with Gasteiger partial charge in [-0.15, -0.1) is 0 Å². The molecule has 0 bridgehead atoms. The zero-order chi connectivity index (χ0) is 28.1. The van der Waals surface area contributed by atoms with E-state index in [9.17, 15) is 18.0 Å². The van der Waals surface area contributed by atoms with Crippen molar-refractivity contribution in [1.82, 2.24) is 19.4 Å². The molecule has 3 heterocycles. The summed E-state index contributed by atoms with van der Waals surface area (Å²) >= 11 is 0. The number of para-hydroxylation sites is 1. The highest BCUT2D eigenvalue weighted by molar-refractivity contribution is 5.86. The number of rotatable bonds is 8. The number of carbonyl (C=O) groups is 2. The number of halogens is 3. The number of carboxylic acid groups (broad SMARTS) is 1. The van der Waals surface area contributed by atoms with E-state index in [1.807, 2.05) is 29.4 Å². The van der Waals surface area contributed by atoms with Gasteiger partial charge in [-0.1, -0.05) is 18.2 Å². The summed E-state index contributed by atoms with van der Waals surface area (Å²) in [5.74, 6) is -1.53. The van der Waals surface area contributed by atoms with Gasteiger partial charge >= 0.3 is 12.1 Å². The summed E-state index contributed by atoms with van der Waals surface area (Å²) in [4.78, 5) is 31.7. The number of carbonyl (C=O) groups excluding carboxylic acids is 1. The van der Waals surface area contributed by atoms with Gasteiger partial charge in [0, 0.05) is 63.6 Å². The Morgan fingerprint density at radius 3 is 2.53 bits per heavy atom. The molecule has 9 nitrogen and oxygen atoms in total. The standard InChI is InChI=1S/C24H34N4O3.C2HF3O2/c1-18(2)28-15-21(25-17-28)20-14-26(13-19-7-5-6-8-22(19)31-4)16-24(20)9-10-27(23(24)29)11-12-30-3;3-2(4,5)1(6)7/h5-8,15,17-18,20H,9-14,16H2,1-4H3;(H,6,7). The fourth-order valence-electron chi connectivity index (χ4n) is 5.14. The van der Waals surface area contributed by atoms with Crippen molar-refractivity contribution < 1.29 is 37.3 Å². The van der Waals surface area contributed by atoms with E-state index in [1.165, 1.54) is 0 Å². The smallest absolute Gasteiger partial charge is 0.490 e. The second-order valence-electron chi connectivity index (χ2n) is 9.87. The SMILES string of the molecule is COCCN1CCC2(CN(Cc3ccccc3OC)CC2c2cn(C(C)C)cn2)C1=O.O=C(O)C(F)(F)F. The van der Waals surface area contributed by atoms with Crippen LogP contribution in [0.25, 0.3) is 0 Å². The van der Waals surface area contributed by atoms with Crippen LogP contribution in [-0.4, -0.2) is 89.5 Å². The van der Waals surface area contributed by atoms with E-state index in [4.69, 9.17) is 24.4 Å². The topological polar surface area (TPSA) is 97.1 Å². The minimum atomic E-state index is -5.08. The Morgan fingerprint density at radius 1 is 1.26 bits per heavy atom. The van der Waals surface area contributed by atoms with E-state index in [0.29, 0.717) is 19.2 Å². The van der Waals surface area contributed by atoms with Gasteiger partial charge in [-0.25, -0.2) is 9.78 Å². The Bertz CT molecular complexity index is 1110. The van der Waals surface area contributed by atoms with Crippen LogP contribution in [0.4, 0.5) is 13.2 Å². The summed E-state index contributed by atoms with van der Waals surface area (Å²) in [5.41, 5.74) is 1.75. The molecule has 2 unspecified atom stereocenters. The minimum Gasteiger partial charge on any atom is -0.496 e. The Balaban J connectivity index is 0.000000505. The van der Waals surface area contributed by atoms with Crippen molar-refractivity contribution in [3.63, 3.8) is 0 Å². The quantitative estimate of drug-likeness (QED) is 0.547. The lowest BCUT2D eigenvalue weighted by Crippen LogP contribution is -2.40. The monoisotopic (exact) mass is 540 g/mol. The first-order chi connectivity index (χ1) is 17.9. The van der Waals surface area contributed by atoms with Crippen molar-refractivity contribution in [3.8, 4) is 5.75 Å². The van der Waals surface area contributed by atoms with E-state index in [1.54, 1.807) is 14.2 Å². The van der Waals surface area contributed by atoms with Crippen LogP contribution >= 0.6 is 0 Å². The molecule has 1 spiro atoms. The molecule has 2 aliphatic heterocycles. The van der Waals surface area contributed by atoms with Crippen molar-refractivity contribution in [1.29, 1.82) is 0 Å². The first-order valence-corrected chi connectivity index (χ1v) is 12.4. The van der Waals surface area contributed by atoms with E-state index in [0.717, 1.165) is 49.6 Å². The third kappa shape index (κ3) is 6.47. The molecule has 2 aliphatic rings. The number of imidazole rings is 1. The molecule has 0 aliphatic carbocycles. The Kier molecular flexibility index (Phi) is 9.42. The summed E-state index contributed by atoms with van der Waals surface area (Å²) in [6.07, 6.45) is -0.190. The molecule has 1 aromatic carbocycles. The minimum absolute atomic E-state index is 0.0854. The maximum atomic E-state index is 13.7. The normalized spacial score (nSPS) is 21.7. The van der Waals surface area contributed by atoms with Crippen LogP contribution in [0, 0.1) is 5.41 Å². The van der Waals surface area contributed by atoms with Crippen molar-refractivity contribution in [2.45, 2.75) is 44.9 Å². The van der Waals surface area contributed by atoms with Gasteiger partial charge in [-0.05, 0) is 26.3 Å². The number of nitrogens with zero attached hydrogens (tertiary/aromatic N) is 4. The zero-order valence-electron chi connectivity index (χ0n) is 22.1. The first-order valence-electron chi connectivity index (χ1n) is 12.4. The van der Waals surface area contributed by atoms with Gasteiger partial charge in [0.15, 0.2) is 0 Å². The van der Waals surface area contributed by atoms with Gasteiger partial charge in [0.05, 0.1) is 31.2 Å². The number of ether oxygens (including phenoxy) is 2. The highest BCUT2D eigenvalue weighted by Gasteiger charge is 2.57. The Labute approximate surface area is 220 Å². The number of carboxylic acids is 1. The first kappa shape index (κ1) is 29.4. The molecular formula is C26H35F3N4O5. The van der Waals surface area contributed by atoms with E-state index in [-0.39, 0.29) is 11.8 Å². The third-order valence-corrected chi connectivity index (χ3v) is 7.12. The van der Waals surface area contributed by atoms with Gasteiger partial charge in [0.25, 0.3) is 0 Å². The molecule has 210 valence electrons. The summed E-state index contributed by atoms with van der Waals surface area (Å²) in [5, 5.41) is 7.12. The van der Waals surface area contributed by atoms with Crippen LogP contribution in [0.15, 0.2) is 36.8 Å². The lowest BCUT2D eigenvalue weighted by Gasteiger charge is -2.28. The summed E-state index contributed by atoms with van der Waals surface area (Å²) in [6.45, 7) is 8.62. The van der Waals surface area contributed by atoms with Gasteiger partial charge < -0.3 is 24.0 Å². The molecule has 2 aromatic rings. The number of hydrogen-bond donors (Lipinski definition) is 1. The number of aromatic nitrogens is 2. The molecule has 38 heavy (non-hydrogen) atoms. The highest BCUT2D eigenvalue weighted by Crippen LogP contribution is 2.50. The van der Waals surface area contributed by atoms with E-state index < -0.39 is 17.6 Å². The molecular weight excluding hydrogens is 505 g/mol. The number of benzene rings is 1.